The summed E-state index contributed by atoms with van der Waals surface area (Å²) in [7, 11) is 0. The number of halogens is 1. The van der Waals surface area contributed by atoms with E-state index >= 15 is 0 Å². The molecule has 1 amide bonds. The van der Waals surface area contributed by atoms with Crippen molar-refractivity contribution in [2.24, 2.45) is 0 Å². The Morgan fingerprint density at radius 1 is 1.42 bits per heavy atom. The van der Waals surface area contributed by atoms with E-state index < -0.39 is 11.9 Å². The molecule has 0 aromatic carbocycles. The maximum absolute atomic E-state index is 11.9. The third-order valence-electron chi connectivity index (χ3n) is 2.34. The molecule has 0 atom stereocenters. The molecule has 2 N–H and O–H groups in total. The number of nitrogens with zero attached hydrogens (tertiary/aromatic N) is 1. The van der Waals surface area contributed by atoms with Gasteiger partial charge in [-0.05, 0) is 28.1 Å². The van der Waals surface area contributed by atoms with E-state index in [0.29, 0.717) is 6.54 Å². The number of hydrogen-bond donors (Lipinski definition) is 2. The molecule has 2 aromatic rings. The zero-order valence-corrected chi connectivity index (χ0v) is 12.0. The van der Waals surface area contributed by atoms with E-state index in [1.165, 1.54) is 29.8 Å². The van der Waals surface area contributed by atoms with Crippen molar-refractivity contribution in [1.29, 1.82) is 0 Å². The largest absolute Gasteiger partial charge is 0.478 e. The molecule has 0 unspecified atom stereocenters. The van der Waals surface area contributed by atoms with Crippen molar-refractivity contribution < 1.29 is 14.7 Å². The number of rotatable bonds is 4. The van der Waals surface area contributed by atoms with Gasteiger partial charge in [0.25, 0.3) is 5.91 Å². The number of carboxylic acid groups (broad SMARTS) is 1. The van der Waals surface area contributed by atoms with Gasteiger partial charge >= 0.3 is 5.97 Å². The van der Waals surface area contributed by atoms with E-state index in [4.69, 9.17) is 5.11 Å². The van der Waals surface area contributed by atoms with Gasteiger partial charge in [-0.3, -0.25) is 9.78 Å². The summed E-state index contributed by atoms with van der Waals surface area (Å²) in [5.74, 6) is -1.60. The highest BCUT2D eigenvalue weighted by molar-refractivity contribution is 9.10. The fourth-order valence-electron chi connectivity index (χ4n) is 1.47. The average molecular weight is 341 g/mol. The van der Waals surface area contributed by atoms with Crippen molar-refractivity contribution in [2.45, 2.75) is 6.54 Å². The van der Waals surface area contributed by atoms with Crippen LogP contribution >= 0.6 is 27.3 Å². The fourth-order valence-corrected chi connectivity index (χ4v) is 2.86. The van der Waals surface area contributed by atoms with Crippen LogP contribution in [0.3, 0.4) is 0 Å². The van der Waals surface area contributed by atoms with Gasteiger partial charge in [0.1, 0.15) is 0 Å². The quantitative estimate of drug-likeness (QED) is 0.896. The van der Waals surface area contributed by atoms with Crippen LogP contribution in [0.5, 0.6) is 0 Å². The van der Waals surface area contributed by atoms with Crippen molar-refractivity contribution in [3.05, 3.63) is 50.4 Å². The molecule has 0 aliphatic carbocycles. The lowest BCUT2D eigenvalue weighted by Gasteiger charge is -2.06. The molecule has 98 valence electrons. The smallest absolute Gasteiger partial charge is 0.338 e. The number of nitrogens with one attached hydrogen (secondary N) is 1. The molecule has 0 fully saturated rings. The molecule has 2 aromatic heterocycles. The maximum Gasteiger partial charge on any atom is 0.338 e. The van der Waals surface area contributed by atoms with Crippen LogP contribution in [-0.2, 0) is 6.54 Å². The molecule has 0 radical (unpaired) electrons. The predicted octanol–water partition coefficient (Wildman–Crippen LogP) is 2.53. The summed E-state index contributed by atoms with van der Waals surface area (Å²) in [6.45, 7) is 0.358. The van der Waals surface area contributed by atoms with Crippen molar-refractivity contribution >= 4 is 39.1 Å². The molecule has 7 heteroatoms. The Labute approximate surface area is 121 Å². The number of aromatic nitrogens is 1. The van der Waals surface area contributed by atoms with Gasteiger partial charge in [-0.1, -0.05) is 0 Å². The Hall–Kier alpha value is -1.73. The number of carbonyl (C=O) groups excluding carboxylic acids is 1. The molecular weight excluding hydrogens is 332 g/mol. The summed E-state index contributed by atoms with van der Waals surface area (Å²) in [6, 6.07) is 3.29. The second kappa shape index (κ2) is 5.94. The van der Waals surface area contributed by atoms with Gasteiger partial charge < -0.3 is 10.4 Å². The standard InChI is InChI=1S/C12H9BrN2O3S/c13-7-3-8(19-6-7)4-15-11(16)9-1-2-14-5-10(9)12(17)18/h1-3,5-6H,4H2,(H,15,16)(H,17,18). The highest BCUT2D eigenvalue weighted by Crippen LogP contribution is 2.19. The average Bonchev–Trinajstić information content (AvgIpc) is 2.81. The molecule has 0 aliphatic heterocycles. The number of carboxylic acids is 1. The summed E-state index contributed by atoms with van der Waals surface area (Å²) in [4.78, 5) is 27.6. The Morgan fingerprint density at radius 2 is 2.21 bits per heavy atom. The number of hydrogen-bond acceptors (Lipinski definition) is 4. The summed E-state index contributed by atoms with van der Waals surface area (Å²) in [6.07, 6.45) is 2.56. The number of thiophene rings is 1. The molecule has 2 rings (SSSR count). The van der Waals surface area contributed by atoms with Crippen LogP contribution in [0, 0.1) is 0 Å². The Kier molecular flexibility index (Phi) is 4.28. The summed E-state index contributed by atoms with van der Waals surface area (Å²) in [5.41, 5.74) is 0.00508. The van der Waals surface area contributed by atoms with Crippen LogP contribution in [0.15, 0.2) is 34.4 Å². The molecule has 0 spiro atoms. The summed E-state index contributed by atoms with van der Waals surface area (Å²) in [5, 5.41) is 13.6. The predicted molar refractivity (Wildman–Crippen MR) is 74.4 cm³/mol. The molecule has 0 saturated heterocycles. The van der Waals surface area contributed by atoms with E-state index in [0.717, 1.165) is 9.35 Å². The van der Waals surface area contributed by atoms with Crippen LogP contribution in [0.25, 0.3) is 0 Å². The van der Waals surface area contributed by atoms with Crippen LogP contribution in [0.4, 0.5) is 0 Å². The number of amides is 1. The lowest BCUT2D eigenvalue weighted by atomic mass is 10.1. The second-order valence-electron chi connectivity index (χ2n) is 3.64. The molecule has 19 heavy (non-hydrogen) atoms. The van der Waals surface area contributed by atoms with Crippen LogP contribution in [-0.4, -0.2) is 22.0 Å². The van der Waals surface area contributed by atoms with E-state index in [1.54, 1.807) is 0 Å². The van der Waals surface area contributed by atoms with Gasteiger partial charge in [-0.2, -0.15) is 0 Å². The summed E-state index contributed by atoms with van der Waals surface area (Å²) >= 11 is 4.83. The zero-order chi connectivity index (χ0) is 13.8. The monoisotopic (exact) mass is 340 g/mol. The Morgan fingerprint density at radius 3 is 2.84 bits per heavy atom. The first-order valence-corrected chi connectivity index (χ1v) is 6.93. The minimum Gasteiger partial charge on any atom is -0.478 e. The second-order valence-corrected chi connectivity index (χ2v) is 5.55. The third kappa shape index (κ3) is 3.39. The van der Waals surface area contributed by atoms with Crippen LogP contribution < -0.4 is 5.32 Å². The lowest BCUT2D eigenvalue weighted by molar-refractivity contribution is 0.0690. The minimum atomic E-state index is -1.17. The number of pyridine rings is 1. The number of carbonyl (C=O) groups is 2. The highest BCUT2D eigenvalue weighted by atomic mass is 79.9. The normalized spacial score (nSPS) is 10.2. The molecule has 2 heterocycles. The topological polar surface area (TPSA) is 79.3 Å². The van der Waals surface area contributed by atoms with Gasteiger partial charge in [0, 0.05) is 27.1 Å². The Bertz CT molecular complexity index is 627. The molecule has 0 saturated carbocycles. The lowest BCUT2D eigenvalue weighted by Crippen LogP contribution is -2.24. The highest BCUT2D eigenvalue weighted by Gasteiger charge is 2.16. The maximum atomic E-state index is 11.9. The van der Waals surface area contributed by atoms with E-state index in [-0.39, 0.29) is 11.1 Å². The van der Waals surface area contributed by atoms with E-state index in [1.807, 2.05) is 11.4 Å². The molecule has 0 bridgehead atoms. The van der Waals surface area contributed by atoms with Crippen molar-refractivity contribution in [3.63, 3.8) is 0 Å². The van der Waals surface area contributed by atoms with E-state index in [2.05, 4.69) is 26.2 Å². The number of aromatic carboxylic acids is 1. The minimum absolute atomic E-state index is 0.104. The van der Waals surface area contributed by atoms with Crippen LogP contribution in [0.1, 0.15) is 25.6 Å². The van der Waals surface area contributed by atoms with Gasteiger partial charge in [-0.25, -0.2) is 4.79 Å². The van der Waals surface area contributed by atoms with Gasteiger partial charge in [-0.15, -0.1) is 11.3 Å². The fraction of sp³-hybridized carbons (Fsp3) is 0.0833. The van der Waals surface area contributed by atoms with Crippen molar-refractivity contribution in [1.82, 2.24) is 10.3 Å². The first kappa shape index (κ1) is 13.7. The third-order valence-corrected chi connectivity index (χ3v) is 4.04. The molecular formula is C12H9BrN2O3S. The van der Waals surface area contributed by atoms with Gasteiger partial charge in [0.15, 0.2) is 0 Å². The van der Waals surface area contributed by atoms with Gasteiger partial charge in [0.05, 0.1) is 17.7 Å². The van der Waals surface area contributed by atoms with Gasteiger partial charge in [0.2, 0.25) is 0 Å². The SMILES string of the molecule is O=C(O)c1cnccc1C(=O)NCc1cc(Br)cs1. The van der Waals surface area contributed by atoms with Crippen molar-refractivity contribution in [3.8, 4) is 0 Å². The van der Waals surface area contributed by atoms with E-state index in [9.17, 15) is 9.59 Å². The zero-order valence-electron chi connectivity index (χ0n) is 9.59. The Balaban J connectivity index is 2.10. The molecule has 5 nitrogen and oxygen atoms in total. The first-order valence-electron chi connectivity index (χ1n) is 5.26. The van der Waals surface area contributed by atoms with Crippen LogP contribution in [0.2, 0.25) is 0 Å². The first-order chi connectivity index (χ1) is 9.08. The van der Waals surface area contributed by atoms with Crippen molar-refractivity contribution in [2.75, 3.05) is 0 Å². The molecule has 0 aliphatic rings. The summed E-state index contributed by atoms with van der Waals surface area (Å²) < 4.78 is 0.955.